The lowest BCUT2D eigenvalue weighted by Gasteiger charge is -1.75. The maximum atomic E-state index is 9.82. The van der Waals surface area contributed by atoms with Crippen LogP contribution in [0.15, 0.2) is 9.05 Å². The van der Waals surface area contributed by atoms with Gasteiger partial charge in [-0.25, -0.2) is 0 Å². The second-order valence-corrected chi connectivity index (χ2v) is 2.69. The first-order chi connectivity index (χ1) is 7.65. The van der Waals surface area contributed by atoms with Crippen LogP contribution < -0.4 is 0 Å². The van der Waals surface area contributed by atoms with Crippen molar-refractivity contribution in [3.63, 3.8) is 0 Å². The van der Waals surface area contributed by atoms with Crippen molar-refractivity contribution < 1.29 is 18.9 Å². The summed E-state index contributed by atoms with van der Waals surface area (Å²) in [7, 11) is 0. The van der Waals surface area contributed by atoms with E-state index < -0.39 is 0 Å². The zero-order chi connectivity index (χ0) is 12.0. The number of hydrogen-bond donors (Lipinski definition) is 1. The summed E-state index contributed by atoms with van der Waals surface area (Å²) < 4.78 is 8.89. The summed E-state index contributed by atoms with van der Waals surface area (Å²) in [6, 6.07) is 0. The van der Waals surface area contributed by atoms with Gasteiger partial charge in [0.25, 0.3) is 11.8 Å². The molecule has 0 atom stereocenters. The van der Waals surface area contributed by atoms with Gasteiger partial charge in [0.2, 0.25) is 6.29 Å². The number of aromatic nitrogens is 4. The maximum Gasteiger partial charge on any atom is 0.290 e. The number of aldehydes is 1. The summed E-state index contributed by atoms with van der Waals surface area (Å²) in [6.45, 7) is 3.17. The summed E-state index contributed by atoms with van der Waals surface area (Å²) >= 11 is 0. The maximum absolute atomic E-state index is 9.82. The van der Waals surface area contributed by atoms with Crippen LogP contribution in [0.1, 0.15) is 28.2 Å². The van der Waals surface area contributed by atoms with Gasteiger partial charge in [0.1, 0.15) is 6.61 Å². The van der Waals surface area contributed by atoms with Gasteiger partial charge in [0, 0.05) is 0 Å². The number of rotatable bonds is 2. The first-order valence-corrected chi connectivity index (χ1v) is 4.31. The van der Waals surface area contributed by atoms with E-state index in [9.17, 15) is 4.79 Å². The second-order valence-electron chi connectivity index (χ2n) is 2.69. The third-order valence-corrected chi connectivity index (χ3v) is 1.35. The summed E-state index contributed by atoms with van der Waals surface area (Å²) in [6.07, 6.45) is 0.514. The minimum Gasteiger partial charge on any atom is -0.387 e. The van der Waals surface area contributed by atoms with Gasteiger partial charge in [0.15, 0.2) is 11.6 Å². The Hall–Kier alpha value is -2.09. The van der Waals surface area contributed by atoms with Crippen molar-refractivity contribution in [2.24, 2.45) is 0 Å². The molecule has 86 valence electrons. The average molecular weight is 226 g/mol. The highest BCUT2D eigenvalue weighted by molar-refractivity contribution is 5.66. The Kier molecular flexibility index (Phi) is 4.28. The van der Waals surface area contributed by atoms with E-state index in [1.165, 1.54) is 0 Å². The molecule has 0 radical (unpaired) electrons. The fraction of sp³-hybridized carbons (Fsp3) is 0.375. The van der Waals surface area contributed by atoms with Crippen LogP contribution in [0, 0.1) is 13.8 Å². The third-order valence-electron chi connectivity index (χ3n) is 1.35. The number of carbonyl (C=O) groups is 1. The van der Waals surface area contributed by atoms with Crippen molar-refractivity contribution in [3.8, 4) is 0 Å². The molecule has 2 aromatic heterocycles. The Balaban J connectivity index is 0.000000160. The molecule has 2 rings (SSSR count). The summed E-state index contributed by atoms with van der Waals surface area (Å²) in [5.41, 5.74) is 0. The van der Waals surface area contributed by atoms with E-state index >= 15 is 0 Å². The van der Waals surface area contributed by atoms with Crippen LogP contribution in [0.3, 0.4) is 0 Å². The number of aryl methyl sites for hydroxylation is 2. The highest BCUT2D eigenvalue weighted by atomic mass is 16.5. The SMILES string of the molecule is Cc1noc(C=O)n1.Cc1noc(CO)n1. The van der Waals surface area contributed by atoms with Crippen molar-refractivity contribution in [2.75, 3.05) is 0 Å². The molecule has 8 heteroatoms. The van der Waals surface area contributed by atoms with Crippen LogP contribution in [-0.2, 0) is 6.61 Å². The van der Waals surface area contributed by atoms with Crippen LogP contribution >= 0.6 is 0 Å². The van der Waals surface area contributed by atoms with E-state index in [1.807, 2.05) is 0 Å². The van der Waals surface area contributed by atoms with Crippen LogP contribution in [0.5, 0.6) is 0 Å². The van der Waals surface area contributed by atoms with E-state index in [1.54, 1.807) is 13.8 Å². The molecule has 0 saturated heterocycles. The molecule has 0 saturated carbocycles. The quantitative estimate of drug-likeness (QED) is 0.714. The van der Waals surface area contributed by atoms with Crippen molar-refractivity contribution in [1.29, 1.82) is 0 Å². The topological polar surface area (TPSA) is 115 Å². The molecule has 2 heterocycles. The van der Waals surface area contributed by atoms with Gasteiger partial charge in [-0.3, -0.25) is 4.79 Å². The minimum absolute atomic E-state index is 0.0301. The molecule has 1 N–H and O–H groups in total. The molecular weight excluding hydrogens is 216 g/mol. The van der Waals surface area contributed by atoms with Crippen molar-refractivity contribution >= 4 is 6.29 Å². The van der Waals surface area contributed by atoms with Crippen LogP contribution in [0.25, 0.3) is 0 Å². The molecule has 0 fully saturated rings. The van der Waals surface area contributed by atoms with E-state index in [-0.39, 0.29) is 18.4 Å². The molecule has 0 aliphatic carbocycles. The molecule has 0 aliphatic rings. The average Bonchev–Trinajstić information content (AvgIpc) is 2.88. The Bertz CT molecular complexity index is 450. The van der Waals surface area contributed by atoms with Gasteiger partial charge in [-0.2, -0.15) is 9.97 Å². The minimum atomic E-state index is -0.180. The molecule has 16 heavy (non-hydrogen) atoms. The molecular formula is C8H10N4O4. The van der Waals surface area contributed by atoms with Gasteiger partial charge < -0.3 is 14.2 Å². The standard InChI is InChI=1S/C4H6N2O2.C4H4N2O2/c2*1-3-5-4(2-7)8-6-3/h7H,2H2,1H3;2H,1H3. The smallest absolute Gasteiger partial charge is 0.290 e. The first kappa shape index (κ1) is 12.0. The summed E-state index contributed by atoms with van der Waals surface area (Å²) in [5, 5.41) is 15.2. The van der Waals surface area contributed by atoms with E-state index in [4.69, 9.17) is 5.11 Å². The number of aliphatic hydroxyl groups is 1. The van der Waals surface area contributed by atoms with Gasteiger partial charge >= 0.3 is 0 Å². The van der Waals surface area contributed by atoms with Crippen molar-refractivity contribution in [2.45, 2.75) is 20.5 Å². The highest BCUT2D eigenvalue weighted by Crippen LogP contribution is 1.92. The van der Waals surface area contributed by atoms with Gasteiger partial charge in [0.05, 0.1) is 0 Å². The lowest BCUT2D eigenvalue weighted by Crippen LogP contribution is -1.80. The highest BCUT2D eigenvalue weighted by Gasteiger charge is 1.97. The van der Waals surface area contributed by atoms with Crippen molar-refractivity contribution in [3.05, 3.63) is 23.4 Å². The summed E-state index contributed by atoms with van der Waals surface area (Å²) in [5.74, 6) is 1.33. The van der Waals surface area contributed by atoms with Crippen LogP contribution in [0.2, 0.25) is 0 Å². The monoisotopic (exact) mass is 226 g/mol. The molecule has 0 amide bonds. The van der Waals surface area contributed by atoms with E-state index in [0.29, 0.717) is 17.9 Å². The number of aliphatic hydroxyl groups excluding tert-OH is 1. The number of carbonyl (C=O) groups excluding carboxylic acids is 1. The largest absolute Gasteiger partial charge is 0.387 e. The third kappa shape index (κ3) is 3.58. The van der Waals surface area contributed by atoms with Crippen LogP contribution in [-0.4, -0.2) is 31.7 Å². The lowest BCUT2D eigenvalue weighted by molar-refractivity contribution is 0.108. The molecule has 0 aromatic carbocycles. The van der Waals surface area contributed by atoms with Gasteiger partial charge in [-0.05, 0) is 13.8 Å². The van der Waals surface area contributed by atoms with Crippen LogP contribution in [0.4, 0.5) is 0 Å². The normalized spacial score (nSPS) is 9.44. The fourth-order valence-electron chi connectivity index (χ4n) is 0.765. The zero-order valence-electron chi connectivity index (χ0n) is 8.75. The van der Waals surface area contributed by atoms with E-state index in [2.05, 4.69) is 29.3 Å². The predicted molar refractivity (Wildman–Crippen MR) is 49.4 cm³/mol. The molecule has 2 aromatic rings. The Labute approximate surface area is 90.3 Å². The predicted octanol–water partition coefficient (Wildman–Crippen LogP) is 0.0608. The van der Waals surface area contributed by atoms with E-state index in [0.717, 1.165) is 0 Å². The molecule has 0 bridgehead atoms. The Morgan fingerprint density at radius 1 is 1.19 bits per heavy atom. The number of hydrogen-bond acceptors (Lipinski definition) is 8. The van der Waals surface area contributed by atoms with Gasteiger partial charge in [-0.15, -0.1) is 0 Å². The van der Waals surface area contributed by atoms with Crippen molar-refractivity contribution in [1.82, 2.24) is 20.3 Å². The molecule has 0 aliphatic heterocycles. The van der Waals surface area contributed by atoms with Gasteiger partial charge in [-0.1, -0.05) is 10.3 Å². The number of nitrogens with zero attached hydrogens (tertiary/aromatic N) is 4. The molecule has 8 nitrogen and oxygen atoms in total. The first-order valence-electron chi connectivity index (χ1n) is 4.31. The zero-order valence-corrected chi connectivity index (χ0v) is 8.75. The summed E-state index contributed by atoms with van der Waals surface area (Å²) in [4.78, 5) is 17.1. The Morgan fingerprint density at radius 3 is 2.06 bits per heavy atom. The molecule has 0 unspecified atom stereocenters. The Morgan fingerprint density at radius 2 is 1.81 bits per heavy atom. The molecule has 0 spiro atoms. The fourth-order valence-corrected chi connectivity index (χ4v) is 0.765. The second kappa shape index (κ2) is 5.71. The lowest BCUT2D eigenvalue weighted by atomic mass is 10.7.